The number of pyridine rings is 1. The summed E-state index contributed by atoms with van der Waals surface area (Å²) in [5.74, 6) is 1.76. The van der Waals surface area contributed by atoms with Crippen LogP contribution in [-0.4, -0.2) is 43.6 Å². The molecule has 0 bridgehead atoms. The number of likely N-dealkylation sites (N-methyl/N-ethyl adjacent to an activating group) is 1. The molecule has 0 fully saturated rings. The topological polar surface area (TPSA) is 19.4 Å². The molecule has 0 aliphatic carbocycles. The predicted octanol–water partition coefficient (Wildman–Crippen LogP) is 3.31. The number of nitrogens with zero attached hydrogens (tertiary/aromatic N) is 3. The third-order valence-electron chi connectivity index (χ3n) is 2.96. The van der Waals surface area contributed by atoms with Crippen LogP contribution in [0.3, 0.4) is 0 Å². The fourth-order valence-electron chi connectivity index (χ4n) is 2.08. The Morgan fingerprint density at radius 1 is 1.26 bits per heavy atom. The predicted molar refractivity (Wildman–Crippen MR) is 87.2 cm³/mol. The van der Waals surface area contributed by atoms with E-state index in [1.807, 2.05) is 6.20 Å². The molecule has 1 aromatic heterocycles. The lowest BCUT2D eigenvalue weighted by atomic mass is 10.1. The molecule has 19 heavy (non-hydrogen) atoms. The lowest BCUT2D eigenvalue weighted by Gasteiger charge is -2.28. The van der Waals surface area contributed by atoms with Crippen molar-refractivity contribution in [2.45, 2.75) is 26.1 Å². The van der Waals surface area contributed by atoms with Crippen LogP contribution in [0.25, 0.3) is 0 Å². The van der Waals surface area contributed by atoms with Gasteiger partial charge in [0, 0.05) is 31.2 Å². The summed E-state index contributed by atoms with van der Waals surface area (Å²) in [4.78, 5) is 9.28. The van der Waals surface area contributed by atoms with Crippen molar-refractivity contribution in [3.8, 4) is 0 Å². The zero-order valence-corrected chi connectivity index (χ0v) is 14.4. The Labute approximate surface area is 126 Å². The van der Waals surface area contributed by atoms with Gasteiger partial charge in [-0.3, -0.25) is 0 Å². The van der Waals surface area contributed by atoms with E-state index in [0.29, 0.717) is 5.92 Å². The normalized spacial score (nSPS) is 11.4. The number of aryl methyl sites for hydroxylation is 1. The summed E-state index contributed by atoms with van der Waals surface area (Å²) in [6, 6.07) is 2.22. The second-order valence-corrected chi connectivity index (χ2v) is 6.32. The van der Waals surface area contributed by atoms with E-state index >= 15 is 0 Å². The van der Waals surface area contributed by atoms with Crippen molar-refractivity contribution in [1.82, 2.24) is 9.88 Å². The molecule has 0 aliphatic heterocycles. The number of anilines is 1. The molecule has 4 heteroatoms. The highest BCUT2D eigenvalue weighted by molar-refractivity contribution is 9.08. The molecule has 0 spiro atoms. The Morgan fingerprint density at radius 2 is 1.95 bits per heavy atom. The summed E-state index contributed by atoms with van der Waals surface area (Å²) < 4.78 is 0. The van der Waals surface area contributed by atoms with E-state index in [2.05, 4.69) is 71.6 Å². The van der Waals surface area contributed by atoms with Crippen LogP contribution >= 0.6 is 15.9 Å². The Hall–Kier alpha value is -0.610. The third kappa shape index (κ3) is 5.49. The average Bonchev–Trinajstić information content (AvgIpc) is 2.34. The highest BCUT2D eigenvalue weighted by Gasteiger charge is 2.13. The second kappa shape index (κ2) is 7.85. The van der Waals surface area contributed by atoms with Gasteiger partial charge in [-0.15, -0.1) is 0 Å². The molecule has 0 unspecified atom stereocenters. The van der Waals surface area contributed by atoms with E-state index in [-0.39, 0.29) is 0 Å². The van der Waals surface area contributed by atoms with Crippen molar-refractivity contribution < 1.29 is 0 Å². The van der Waals surface area contributed by atoms with Crippen LogP contribution in [-0.2, 0) is 5.33 Å². The molecule has 0 N–H and O–H groups in total. The van der Waals surface area contributed by atoms with E-state index in [1.165, 1.54) is 11.1 Å². The van der Waals surface area contributed by atoms with Gasteiger partial charge in [-0.2, -0.15) is 0 Å². The van der Waals surface area contributed by atoms with Crippen LogP contribution < -0.4 is 4.90 Å². The molecule has 0 radical (unpaired) electrons. The largest absolute Gasteiger partial charge is 0.355 e. The lowest BCUT2D eigenvalue weighted by molar-refractivity contribution is 0.408. The number of hydrogen-bond acceptors (Lipinski definition) is 3. The molecule has 3 nitrogen and oxygen atoms in total. The van der Waals surface area contributed by atoms with Gasteiger partial charge in [-0.05, 0) is 38.1 Å². The zero-order chi connectivity index (χ0) is 14.4. The smallest absolute Gasteiger partial charge is 0.131 e. The van der Waals surface area contributed by atoms with E-state index in [1.54, 1.807) is 0 Å². The van der Waals surface area contributed by atoms with Crippen molar-refractivity contribution >= 4 is 21.7 Å². The SMILES string of the molecule is Cc1cc(CBr)cnc1N(CCN(C)C)CC(C)C. The van der Waals surface area contributed by atoms with Crippen LogP contribution in [0.15, 0.2) is 12.3 Å². The van der Waals surface area contributed by atoms with Crippen LogP contribution in [0.2, 0.25) is 0 Å². The van der Waals surface area contributed by atoms with Gasteiger partial charge in [0.2, 0.25) is 0 Å². The Kier molecular flexibility index (Phi) is 6.80. The molecular formula is C15H26BrN3. The molecule has 0 aromatic carbocycles. The molecule has 1 rings (SSSR count). The molecular weight excluding hydrogens is 302 g/mol. The molecule has 0 aliphatic rings. The van der Waals surface area contributed by atoms with Gasteiger partial charge in [-0.1, -0.05) is 35.8 Å². The highest BCUT2D eigenvalue weighted by Crippen LogP contribution is 2.20. The van der Waals surface area contributed by atoms with E-state index in [0.717, 1.165) is 30.8 Å². The summed E-state index contributed by atoms with van der Waals surface area (Å²) in [5, 5.41) is 0.864. The quantitative estimate of drug-likeness (QED) is 0.716. The van der Waals surface area contributed by atoms with Crippen LogP contribution in [0.1, 0.15) is 25.0 Å². The zero-order valence-electron chi connectivity index (χ0n) is 12.8. The van der Waals surface area contributed by atoms with Gasteiger partial charge in [0.1, 0.15) is 5.82 Å². The van der Waals surface area contributed by atoms with Gasteiger partial charge >= 0.3 is 0 Å². The first-order valence-corrected chi connectivity index (χ1v) is 7.97. The molecule has 1 aromatic rings. The molecule has 0 atom stereocenters. The van der Waals surface area contributed by atoms with Crippen LogP contribution in [0, 0.1) is 12.8 Å². The minimum atomic E-state index is 0.638. The van der Waals surface area contributed by atoms with Crippen LogP contribution in [0.5, 0.6) is 0 Å². The van der Waals surface area contributed by atoms with Crippen LogP contribution in [0.4, 0.5) is 5.82 Å². The van der Waals surface area contributed by atoms with E-state index in [9.17, 15) is 0 Å². The first kappa shape index (κ1) is 16.4. The first-order valence-electron chi connectivity index (χ1n) is 6.85. The molecule has 0 saturated heterocycles. The summed E-state index contributed by atoms with van der Waals surface area (Å²) in [7, 11) is 4.23. The van der Waals surface area contributed by atoms with Gasteiger partial charge < -0.3 is 9.80 Å². The maximum absolute atomic E-state index is 4.66. The lowest BCUT2D eigenvalue weighted by Crippen LogP contribution is -2.35. The standard InChI is InChI=1S/C15H26BrN3/c1-12(2)11-19(7-6-18(4)5)15-13(3)8-14(9-16)10-17-15/h8,10,12H,6-7,9,11H2,1-5H3. The minimum absolute atomic E-state index is 0.638. The van der Waals surface area contributed by atoms with Crippen molar-refractivity contribution in [1.29, 1.82) is 0 Å². The second-order valence-electron chi connectivity index (χ2n) is 5.76. The third-order valence-corrected chi connectivity index (χ3v) is 3.61. The van der Waals surface area contributed by atoms with Crippen molar-refractivity contribution in [2.24, 2.45) is 5.92 Å². The monoisotopic (exact) mass is 327 g/mol. The maximum Gasteiger partial charge on any atom is 0.131 e. The van der Waals surface area contributed by atoms with Gasteiger partial charge in [0.25, 0.3) is 0 Å². The first-order chi connectivity index (χ1) is 8.93. The molecule has 0 amide bonds. The Morgan fingerprint density at radius 3 is 2.42 bits per heavy atom. The Bertz CT molecular complexity index is 391. The summed E-state index contributed by atoms with van der Waals surface area (Å²) in [5.41, 5.74) is 2.50. The molecule has 1 heterocycles. The molecule has 108 valence electrons. The van der Waals surface area contributed by atoms with Crippen molar-refractivity contribution in [2.75, 3.05) is 38.6 Å². The number of aromatic nitrogens is 1. The summed E-state index contributed by atoms with van der Waals surface area (Å²) in [6.45, 7) is 9.78. The number of halogens is 1. The van der Waals surface area contributed by atoms with Crippen molar-refractivity contribution in [3.63, 3.8) is 0 Å². The fraction of sp³-hybridized carbons (Fsp3) is 0.667. The summed E-state index contributed by atoms with van der Waals surface area (Å²) >= 11 is 3.48. The number of alkyl halides is 1. The average molecular weight is 328 g/mol. The maximum atomic E-state index is 4.66. The van der Waals surface area contributed by atoms with Gasteiger partial charge in [0.05, 0.1) is 0 Å². The van der Waals surface area contributed by atoms with E-state index in [4.69, 9.17) is 0 Å². The summed E-state index contributed by atoms with van der Waals surface area (Å²) in [6.07, 6.45) is 1.97. The highest BCUT2D eigenvalue weighted by atomic mass is 79.9. The van der Waals surface area contributed by atoms with E-state index < -0.39 is 0 Å². The molecule has 0 saturated carbocycles. The van der Waals surface area contributed by atoms with Gasteiger partial charge in [-0.25, -0.2) is 4.98 Å². The Balaban J connectivity index is 2.89. The van der Waals surface area contributed by atoms with Gasteiger partial charge in [0.15, 0.2) is 0 Å². The fourth-order valence-corrected chi connectivity index (χ4v) is 2.38. The minimum Gasteiger partial charge on any atom is -0.355 e. The number of hydrogen-bond donors (Lipinski definition) is 0. The van der Waals surface area contributed by atoms with Crippen molar-refractivity contribution in [3.05, 3.63) is 23.4 Å². The number of rotatable bonds is 7.